The van der Waals surface area contributed by atoms with E-state index in [0.717, 1.165) is 31.2 Å². The Morgan fingerprint density at radius 3 is 2.61 bits per heavy atom. The Hall–Kier alpha value is -2.61. The fourth-order valence-corrected chi connectivity index (χ4v) is 3.87. The van der Waals surface area contributed by atoms with Gasteiger partial charge in [0.2, 0.25) is 5.91 Å². The normalized spacial score (nSPS) is 23.2. The maximum Gasteiger partial charge on any atom is 0.287 e. The van der Waals surface area contributed by atoms with Gasteiger partial charge in [0, 0.05) is 25.3 Å². The molecule has 1 aliphatic carbocycles. The standard InChI is InChI=1S/C20H26N4O4/c1-3-20(11-27-12-20)19(26)23-15-6-4-5-14(15)22-18(25)17-8-7-16(28-17)13-9-21-24(2)10-13/h7-10,14-15H,3-6,11-12H2,1-2H3,(H,22,25)(H,23,26)/t14-,15-/m1/s1. The van der Waals surface area contributed by atoms with E-state index in [1.807, 2.05) is 20.2 Å². The quantitative estimate of drug-likeness (QED) is 0.790. The first-order valence-corrected chi connectivity index (χ1v) is 9.79. The number of aromatic nitrogens is 2. The van der Waals surface area contributed by atoms with E-state index in [1.54, 1.807) is 23.0 Å². The molecule has 0 unspecified atom stereocenters. The van der Waals surface area contributed by atoms with Gasteiger partial charge in [-0.25, -0.2) is 0 Å². The highest BCUT2D eigenvalue weighted by Crippen LogP contribution is 2.32. The first kappa shape index (κ1) is 18.7. The molecule has 2 amide bonds. The predicted octanol–water partition coefficient (Wildman–Crippen LogP) is 1.87. The van der Waals surface area contributed by atoms with E-state index in [1.165, 1.54) is 0 Å². The van der Waals surface area contributed by atoms with Gasteiger partial charge < -0.3 is 19.8 Å². The number of rotatable bonds is 6. The predicted molar refractivity (Wildman–Crippen MR) is 101 cm³/mol. The van der Waals surface area contributed by atoms with E-state index in [0.29, 0.717) is 19.0 Å². The summed E-state index contributed by atoms with van der Waals surface area (Å²) < 4.78 is 12.6. The van der Waals surface area contributed by atoms with Crippen LogP contribution in [0.2, 0.25) is 0 Å². The van der Waals surface area contributed by atoms with Crippen molar-refractivity contribution in [2.45, 2.75) is 44.7 Å². The number of carbonyl (C=O) groups excluding carboxylic acids is 2. The van der Waals surface area contributed by atoms with Crippen molar-refractivity contribution in [1.82, 2.24) is 20.4 Å². The highest BCUT2D eigenvalue weighted by Gasteiger charge is 2.45. The monoisotopic (exact) mass is 386 g/mol. The van der Waals surface area contributed by atoms with Crippen LogP contribution in [0.3, 0.4) is 0 Å². The van der Waals surface area contributed by atoms with Crippen LogP contribution in [0.25, 0.3) is 11.3 Å². The third-order valence-electron chi connectivity index (χ3n) is 5.88. The molecule has 8 nitrogen and oxygen atoms in total. The van der Waals surface area contributed by atoms with Crippen molar-refractivity contribution in [1.29, 1.82) is 0 Å². The van der Waals surface area contributed by atoms with E-state index >= 15 is 0 Å². The fourth-order valence-electron chi connectivity index (χ4n) is 3.87. The summed E-state index contributed by atoms with van der Waals surface area (Å²) in [5.74, 6) is 0.625. The molecule has 2 atom stereocenters. The summed E-state index contributed by atoms with van der Waals surface area (Å²) in [7, 11) is 1.83. The van der Waals surface area contributed by atoms with Gasteiger partial charge in [0.05, 0.1) is 30.4 Å². The van der Waals surface area contributed by atoms with Crippen LogP contribution in [0, 0.1) is 5.41 Å². The number of nitrogens with zero attached hydrogens (tertiary/aromatic N) is 2. The lowest BCUT2D eigenvalue weighted by molar-refractivity contribution is -0.163. The Labute approximate surface area is 163 Å². The lowest BCUT2D eigenvalue weighted by Crippen LogP contribution is -2.58. The molecular formula is C20H26N4O4. The summed E-state index contributed by atoms with van der Waals surface area (Å²) >= 11 is 0. The van der Waals surface area contributed by atoms with E-state index in [9.17, 15) is 9.59 Å². The molecular weight excluding hydrogens is 360 g/mol. The average molecular weight is 386 g/mol. The molecule has 2 aromatic heterocycles. The number of amides is 2. The Morgan fingerprint density at radius 2 is 2.00 bits per heavy atom. The summed E-state index contributed by atoms with van der Waals surface area (Å²) in [5, 5.41) is 10.3. The number of nitrogens with one attached hydrogen (secondary N) is 2. The Balaban J connectivity index is 1.38. The summed E-state index contributed by atoms with van der Waals surface area (Å²) in [5.41, 5.74) is 0.414. The fraction of sp³-hybridized carbons (Fsp3) is 0.550. The van der Waals surface area contributed by atoms with Crippen LogP contribution in [-0.2, 0) is 16.6 Å². The highest BCUT2D eigenvalue weighted by atomic mass is 16.5. The van der Waals surface area contributed by atoms with Crippen LogP contribution in [0.5, 0.6) is 0 Å². The average Bonchev–Trinajstić information content (AvgIpc) is 3.36. The van der Waals surface area contributed by atoms with Crippen LogP contribution in [0.15, 0.2) is 28.9 Å². The molecule has 2 fully saturated rings. The number of hydrogen-bond acceptors (Lipinski definition) is 5. The van der Waals surface area contributed by atoms with Gasteiger partial charge in [0.25, 0.3) is 5.91 Å². The maximum atomic E-state index is 12.7. The molecule has 2 N–H and O–H groups in total. The summed E-state index contributed by atoms with van der Waals surface area (Å²) in [4.78, 5) is 25.3. The van der Waals surface area contributed by atoms with Crippen LogP contribution in [0.1, 0.15) is 43.2 Å². The number of furan rings is 1. The van der Waals surface area contributed by atoms with E-state index in [4.69, 9.17) is 9.15 Å². The topological polar surface area (TPSA) is 98.4 Å². The van der Waals surface area contributed by atoms with E-state index in [-0.39, 0.29) is 29.7 Å². The molecule has 0 radical (unpaired) electrons. The molecule has 1 saturated carbocycles. The van der Waals surface area contributed by atoms with Gasteiger partial charge in [-0.05, 0) is 37.8 Å². The molecule has 1 saturated heterocycles. The maximum absolute atomic E-state index is 12.7. The largest absolute Gasteiger partial charge is 0.451 e. The SMILES string of the molecule is CCC1(C(=O)N[C@@H]2CCC[C@H]2NC(=O)c2ccc(-c3cnn(C)c3)o2)COC1. The molecule has 4 rings (SSSR count). The molecule has 150 valence electrons. The first-order chi connectivity index (χ1) is 13.5. The Kier molecular flexibility index (Phi) is 4.97. The number of carbonyl (C=O) groups is 2. The molecule has 0 bridgehead atoms. The second-order valence-corrected chi connectivity index (χ2v) is 7.78. The summed E-state index contributed by atoms with van der Waals surface area (Å²) in [6.45, 7) is 2.96. The molecule has 2 aromatic rings. The summed E-state index contributed by atoms with van der Waals surface area (Å²) in [6.07, 6.45) is 6.93. The van der Waals surface area contributed by atoms with Gasteiger partial charge >= 0.3 is 0 Å². The van der Waals surface area contributed by atoms with Crippen molar-refractivity contribution in [3.05, 3.63) is 30.3 Å². The Bertz CT molecular complexity index is 862. The van der Waals surface area contributed by atoms with E-state index in [2.05, 4.69) is 15.7 Å². The van der Waals surface area contributed by atoms with Gasteiger partial charge in [-0.3, -0.25) is 14.3 Å². The zero-order valence-electron chi connectivity index (χ0n) is 16.2. The molecule has 0 spiro atoms. The van der Waals surface area contributed by atoms with Crippen molar-refractivity contribution in [3.63, 3.8) is 0 Å². The summed E-state index contributed by atoms with van der Waals surface area (Å²) in [6, 6.07) is 3.27. The molecule has 8 heteroatoms. The van der Waals surface area contributed by atoms with Crippen molar-refractivity contribution in [2.75, 3.05) is 13.2 Å². The highest BCUT2D eigenvalue weighted by molar-refractivity contribution is 5.92. The smallest absolute Gasteiger partial charge is 0.287 e. The van der Waals surface area contributed by atoms with Crippen LogP contribution in [0.4, 0.5) is 0 Å². The second-order valence-electron chi connectivity index (χ2n) is 7.78. The Morgan fingerprint density at radius 1 is 1.25 bits per heavy atom. The molecule has 1 aliphatic heterocycles. The lowest BCUT2D eigenvalue weighted by atomic mass is 9.82. The van der Waals surface area contributed by atoms with Crippen LogP contribution >= 0.6 is 0 Å². The molecule has 3 heterocycles. The molecule has 2 aliphatic rings. The molecule has 28 heavy (non-hydrogen) atoms. The minimum atomic E-state index is -0.406. The van der Waals surface area contributed by atoms with Crippen molar-refractivity contribution in [2.24, 2.45) is 12.5 Å². The third-order valence-corrected chi connectivity index (χ3v) is 5.88. The van der Waals surface area contributed by atoms with Gasteiger partial charge in [-0.2, -0.15) is 5.10 Å². The van der Waals surface area contributed by atoms with Crippen molar-refractivity contribution < 1.29 is 18.7 Å². The van der Waals surface area contributed by atoms with Gasteiger partial charge in [0.15, 0.2) is 5.76 Å². The minimum Gasteiger partial charge on any atom is -0.451 e. The minimum absolute atomic E-state index is 0.0317. The van der Waals surface area contributed by atoms with Gasteiger partial charge in [0.1, 0.15) is 5.76 Å². The van der Waals surface area contributed by atoms with E-state index < -0.39 is 5.41 Å². The van der Waals surface area contributed by atoms with Crippen LogP contribution in [-0.4, -0.2) is 46.9 Å². The molecule has 0 aromatic carbocycles. The number of aryl methyl sites for hydroxylation is 1. The second kappa shape index (κ2) is 7.43. The van der Waals surface area contributed by atoms with Gasteiger partial charge in [-0.15, -0.1) is 0 Å². The van der Waals surface area contributed by atoms with Gasteiger partial charge in [-0.1, -0.05) is 6.92 Å². The zero-order chi connectivity index (χ0) is 19.7. The van der Waals surface area contributed by atoms with Crippen molar-refractivity contribution in [3.8, 4) is 11.3 Å². The number of ether oxygens (including phenoxy) is 1. The number of hydrogen-bond donors (Lipinski definition) is 2. The van der Waals surface area contributed by atoms with Crippen molar-refractivity contribution >= 4 is 11.8 Å². The zero-order valence-corrected chi connectivity index (χ0v) is 16.2. The first-order valence-electron chi connectivity index (χ1n) is 9.79. The third kappa shape index (κ3) is 3.44. The lowest BCUT2D eigenvalue weighted by Gasteiger charge is -2.40. The van der Waals surface area contributed by atoms with Crippen LogP contribution < -0.4 is 10.6 Å².